The van der Waals surface area contributed by atoms with E-state index in [1.807, 2.05) is 28.8 Å². The quantitative estimate of drug-likeness (QED) is 0.478. The van der Waals surface area contributed by atoms with Crippen LogP contribution in [0.5, 0.6) is 0 Å². The van der Waals surface area contributed by atoms with E-state index in [1.54, 1.807) is 0 Å². The van der Waals surface area contributed by atoms with Crippen LogP contribution in [0.1, 0.15) is 37.2 Å². The lowest BCUT2D eigenvalue weighted by Gasteiger charge is -2.43. The second-order valence-corrected chi connectivity index (χ2v) is 8.85. The summed E-state index contributed by atoms with van der Waals surface area (Å²) >= 11 is 0. The minimum atomic E-state index is -0.696. The molecule has 1 atom stereocenters. The van der Waals surface area contributed by atoms with Crippen molar-refractivity contribution in [1.82, 2.24) is 19.5 Å². The molecule has 5 rings (SSSR count). The van der Waals surface area contributed by atoms with Crippen LogP contribution in [0.4, 0.5) is 5.95 Å². The lowest BCUT2D eigenvalue weighted by molar-refractivity contribution is -0.123. The van der Waals surface area contributed by atoms with Crippen LogP contribution in [-0.4, -0.2) is 86.1 Å². The number of likely N-dealkylation sites (tertiary alicyclic amines) is 1. The highest BCUT2D eigenvalue weighted by Crippen LogP contribution is 2.31. The van der Waals surface area contributed by atoms with Crippen molar-refractivity contribution in [2.75, 3.05) is 37.6 Å². The average molecular weight is 484 g/mol. The summed E-state index contributed by atoms with van der Waals surface area (Å²) in [6.07, 6.45) is 6.14. The van der Waals surface area contributed by atoms with Crippen LogP contribution in [0.15, 0.2) is 54.7 Å². The van der Waals surface area contributed by atoms with E-state index >= 15 is 0 Å². The van der Waals surface area contributed by atoms with Crippen molar-refractivity contribution in [3.63, 3.8) is 0 Å². The summed E-state index contributed by atoms with van der Waals surface area (Å²) in [5.74, 6) is 1.48. The number of aromatic nitrogens is 3. The molecule has 2 aliphatic rings. The van der Waals surface area contributed by atoms with Gasteiger partial charge in [0.05, 0.1) is 12.1 Å². The van der Waals surface area contributed by atoms with Crippen molar-refractivity contribution in [1.29, 1.82) is 0 Å². The fraction of sp³-hybridized carbons (Fsp3) is 0.440. The number of carboxylic acid groups (broad SMARTS) is 2. The summed E-state index contributed by atoms with van der Waals surface area (Å²) in [6.45, 7) is 3.86. The van der Waals surface area contributed by atoms with Crippen LogP contribution >= 0.6 is 0 Å². The van der Waals surface area contributed by atoms with E-state index in [2.05, 4.69) is 50.3 Å². The van der Waals surface area contributed by atoms with Gasteiger partial charge in [-0.2, -0.15) is 0 Å². The number of β-amino-alcohol motifs (C(OH)–C–C–N with tert-alkyl or cyclic N) is 1. The third-order valence-electron chi connectivity index (χ3n) is 6.51. The lowest BCUT2D eigenvalue weighted by Crippen LogP contribution is -2.55. The smallest absolute Gasteiger partial charge is 0.290 e. The first kappa shape index (κ1) is 26.1. The predicted molar refractivity (Wildman–Crippen MR) is 132 cm³/mol. The van der Waals surface area contributed by atoms with E-state index in [0.29, 0.717) is 12.5 Å². The van der Waals surface area contributed by atoms with Crippen LogP contribution < -0.4 is 4.90 Å². The van der Waals surface area contributed by atoms with Crippen molar-refractivity contribution < 1.29 is 24.9 Å². The first-order chi connectivity index (χ1) is 17.0. The molecule has 0 radical (unpaired) electrons. The third-order valence-corrected chi connectivity index (χ3v) is 6.51. The summed E-state index contributed by atoms with van der Waals surface area (Å²) in [6, 6.07) is 16.8. The van der Waals surface area contributed by atoms with Crippen molar-refractivity contribution in [3.8, 4) is 0 Å². The van der Waals surface area contributed by atoms with Crippen molar-refractivity contribution in [2.45, 2.75) is 37.2 Å². The molecule has 0 saturated carbocycles. The topological polar surface area (TPSA) is 132 Å². The summed E-state index contributed by atoms with van der Waals surface area (Å²) < 4.78 is 2.01. The van der Waals surface area contributed by atoms with Gasteiger partial charge in [-0.25, -0.2) is 0 Å². The SMILES string of the molecule is O=CO.O=CO.OC1(CN2CCC(c3ccccc3)CC2)CCCN(c2nnc3ccccn23)C1. The van der Waals surface area contributed by atoms with E-state index in [9.17, 15) is 5.11 Å². The largest absolute Gasteiger partial charge is 0.483 e. The maximum atomic E-state index is 11.4. The van der Waals surface area contributed by atoms with Gasteiger partial charge in [0.25, 0.3) is 12.9 Å². The molecule has 0 bridgehead atoms. The molecule has 188 valence electrons. The van der Waals surface area contributed by atoms with Crippen LogP contribution in [0.25, 0.3) is 5.65 Å². The summed E-state index contributed by atoms with van der Waals surface area (Å²) in [4.78, 5) is 21.4. The molecule has 2 aliphatic heterocycles. The van der Waals surface area contributed by atoms with Crippen molar-refractivity contribution in [2.24, 2.45) is 0 Å². The van der Waals surface area contributed by atoms with Crippen LogP contribution in [-0.2, 0) is 9.59 Å². The number of fused-ring (bicyclic) bond motifs is 1. The van der Waals surface area contributed by atoms with Gasteiger partial charge in [0.15, 0.2) is 5.65 Å². The Labute approximate surface area is 204 Å². The van der Waals surface area contributed by atoms with E-state index in [1.165, 1.54) is 18.4 Å². The second-order valence-electron chi connectivity index (χ2n) is 8.85. The molecule has 1 aromatic carbocycles. The molecule has 3 aromatic rings. The van der Waals surface area contributed by atoms with Crippen LogP contribution in [0, 0.1) is 0 Å². The Balaban J connectivity index is 0.000000520. The summed E-state index contributed by atoms with van der Waals surface area (Å²) in [5.41, 5.74) is 1.60. The zero-order chi connectivity index (χ0) is 25.1. The van der Waals surface area contributed by atoms with E-state index in [0.717, 1.165) is 50.6 Å². The number of hydrogen-bond donors (Lipinski definition) is 3. The highest BCUT2D eigenvalue weighted by molar-refractivity contribution is 5.46. The fourth-order valence-corrected chi connectivity index (χ4v) is 5.02. The van der Waals surface area contributed by atoms with Gasteiger partial charge in [0.1, 0.15) is 0 Å². The van der Waals surface area contributed by atoms with Gasteiger partial charge in [-0.3, -0.25) is 14.0 Å². The number of aliphatic hydroxyl groups is 1. The molecule has 4 heterocycles. The van der Waals surface area contributed by atoms with Gasteiger partial charge < -0.3 is 25.1 Å². The monoisotopic (exact) mass is 483 g/mol. The molecule has 35 heavy (non-hydrogen) atoms. The zero-order valence-electron chi connectivity index (χ0n) is 19.7. The van der Waals surface area contributed by atoms with E-state index < -0.39 is 5.60 Å². The number of nitrogens with zero attached hydrogens (tertiary/aromatic N) is 5. The molecule has 0 amide bonds. The van der Waals surface area contributed by atoms with Gasteiger partial charge >= 0.3 is 0 Å². The maximum Gasteiger partial charge on any atom is 0.290 e. The Morgan fingerprint density at radius 3 is 2.29 bits per heavy atom. The second kappa shape index (κ2) is 12.8. The average Bonchev–Trinajstić information content (AvgIpc) is 3.30. The Morgan fingerprint density at radius 2 is 1.60 bits per heavy atom. The highest BCUT2D eigenvalue weighted by atomic mass is 16.3. The number of benzene rings is 1. The Bertz CT molecular complexity index is 1050. The normalized spacial score (nSPS) is 20.8. The fourth-order valence-electron chi connectivity index (χ4n) is 5.02. The van der Waals surface area contributed by atoms with Gasteiger partial charge in [-0.1, -0.05) is 36.4 Å². The van der Waals surface area contributed by atoms with E-state index in [-0.39, 0.29) is 12.9 Å². The Hall–Kier alpha value is -3.50. The van der Waals surface area contributed by atoms with Gasteiger partial charge in [0.2, 0.25) is 5.95 Å². The number of anilines is 1. The lowest BCUT2D eigenvalue weighted by atomic mass is 9.87. The van der Waals surface area contributed by atoms with Crippen molar-refractivity contribution in [3.05, 3.63) is 60.3 Å². The Morgan fingerprint density at radius 1 is 0.943 bits per heavy atom. The Kier molecular flexibility index (Phi) is 9.56. The molecule has 2 fully saturated rings. The molecule has 0 aliphatic carbocycles. The molecule has 10 heteroatoms. The maximum absolute atomic E-state index is 11.4. The first-order valence-electron chi connectivity index (χ1n) is 11.7. The van der Waals surface area contributed by atoms with Crippen LogP contribution in [0.2, 0.25) is 0 Å². The minimum absolute atomic E-state index is 0.250. The van der Waals surface area contributed by atoms with Gasteiger partial charge in [-0.15, -0.1) is 10.2 Å². The molecule has 2 saturated heterocycles. The number of piperidine rings is 2. The highest BCUT2D eigenvalue weighted by Gasteiger charge is 2.37. The standard InChI is InChI=1S/C23H29N5O.2CH2O2/c29-23(17-26-15-10-20(11-16-26)19-7-2-1-3-8-19)12-6-13-27(18-23)22-25-24-21-9-4-5-14-28(21)22;2*2-1-3/h1-5,7-9,14,20,29H,6,10-13,15-18H2;2*1H,(H,2,3). The molecule has 3 N–H and O–H groups in total. The van der Waals surface area contributed by atoms with E-state index in [4.69, 9.17) is 19.8 Å². The molecular formula is C25H33N5O5. The number of carbonyl (C=O) groups is 2. The third kappa shape index (κ3) is 7.00. The minimum Gasteiger partial charge on any atom is -0.483 e. The molecular weight excluding hydrogens is 450 g/mol. The first-order valence-corrected chi connectivity index (χ1v) is 11.7. The van der Waals surface area contributed by atoms with Crippen LogP contribution in [0.3, 0.4) is 0 Å². The summed E-state index contributed by atoms with van der Waals surface area (Å²) in [7, 11) is 0. The molecule has 1 unspecified atom stereocenters. The zero-order valence-corrected chi connectivity index (χ0v) is 19.7. The molecule has 10 nitrogen and oxygen atoms in total. The van der Waals surface area contributed by atoms with Gasteiger partial charge in [-0.05, 0) is 62.4 Å². The number of pyridine rings is 1. The van der Waals surface area contributed by atoms with Crippen molar-refractivity contribution >= 4 is 24.5 Å². The number of rotatable bonds is 4. The molecule has 2 aromatic heterocycles. The predicted octanol–water partition coefficient (Wildman–Crippen LogP) is 2.34. The van der Waals surface area contributed by atoms with Gasteiger partial charge in [0, 0.05) is 19.3 Å². The molecule has 0 spiro atoms. The summed E-state index contributed by atoms with van der Waals surface area (Å²) in [5, 5.41) is 33.8. The number of hydrogen-bond acceptors (Lipinski definition) is 7.